The lowest BCUT2D eigenvalue weighted by molar-refractivity contribution is -0.122. The molecular weight excluding hydrogens is 242 g/mol. The highest BCUT2D eigenvalue weighted by Crippen LogP contribution is 2.21. The first kappa shape index (κ1) is 13.4. The van der Waals surface area contributed by atoms with Crippen LogP contribution in [0.25, 0.3) is 0 Å². The standard InChI is InChI=1S/C14H17N3O2/c15-10-11-2-4-12(5-3-11)17-8-1-7-16-14(19)13(17)6-9-18/h2-5,13,18H,1,6-9H2,(H,16,19). The van der Waals surface area contributed by atoms with Crippen molar-refractivity contribution in [2.75, 3.05) is 24.6 Å². The lowest BCUT2D eigenvalue weighted by atomic mass is 10.1. The predicted octanol–water partition coefficient (Wildman–Crippen LogP) is 0.636. The number of carbonyl (C=O) groups is 1. The summed E-state index contributed by atoms with van der Waals surface area (Å²) in [6.07, 6.45) is 1.28. The van der Waals surface area contributed by atoms with Gasteiger partial charge in [-0.2, -0.15) is 5.26 Å². The minimum Gasteiger partial charge on any atom is -0.396 e. The molecule has 1 atom stereocenters. The van der Waals surface area contributed by atoms with Crippen LogP contribution in [0.15, 0.2) is 24.3 Å². The van der Waals surface area contributed by atoms with Crippen LogP contribution in [0, 0.1) is 11.3 Å². The number of hydrogen-bond acceptors (Lipinski definition) is 4. The van der Waals surface area contributed by atoms with E-state index in [9.17, 15) is 4.79 Å². The lowest BCUT2D eigenvalue weighted by Crippen LogP contribution is -2.45. The van der Waals surface area contributed by atoms with Gasteiger partial charge in [-0.05, 0) is 37.1 Å². The molecule has 1 unspecified atom stereocenters. The number of aliphatic hydroxyl groups is 1. The maximum atomic E-state index is 12.0. The van der Waals surface area contributed by atoms with Gasteiger partial charge in [-0.15, -0.1) is 0 Å². The van der Waals surface area contributed by atoms with Crippen molar-refractivity contribution in [3.8, 4) is 6.07 Å². The van der Waals surface area contributed by atoms with Gasteiger partial charge in [0.15, 0.2) is 0 Å². The van der Waals surface area contributed by atoms with Gasteiger partial charge in [0.2, 0.25) is 5.91 Å². The van der Waals surface area contributed by atoms with Crippen LogP contribution in [0.3, 0.4) is 0 Å². The number of nitriles is 1. The van der Waals surface area contributed by atoms with E-state index < -0.39 is 0 Å². The molecule has 1 heterocycles. The predicted molar refractivity (Wildman–Crippen MR) is 71.6 cm³/mol. The van der Waals surface area contributed by atoms with Crippen molar-refractivity contribution in [3.63, 3.8) is 0 Å². The molecule has 0 spiro atoms. The number of nitrogens with one attached hydrogen (secondary N) is 1. The summed E-state index contributed by atoms with van der Waals surface area (Å²) in [7, 11) is 0. The van der Waals surface area contributed by atoms with E-state index in [2.05, 4.69) is 11.4 Å². The second-order valence-electron chi connectivity index (χ2n) is 4.52. The highest BCUT2D eigenvalue weighted by molar-refractivity contribution is 5.85. The van der Waals surface area contributed by atoms with E-state index in [1.54, 1.807) is 12.1 Å². The third kappa shape index (κ3) is 3.04. The molecule has 100 valence electrons. The molecule has 0 saturated carbocycles. The highest BCUT2D eigenvalue weighted by atomic mass is 16.3. The van der Waals surface area contributed by atoms with Gasteiger partial charge in [-0.25, -0.2) is 0 Å². The molecule has 1 aliphatic rings. The summed E-state index contributed by atoms with van der Waals surface area (Å²) >= 11 is 0. The SMILES string of the molecule is N#Cc1ccc(N2CCCNC(=O)C2CCO)cc1. The topological polar surface area (TPSA) is 76.4 Å². The minimum atomic E-state index is -0.347. The lowest BCUT2D eigenvalue weighted by Gasteiger charge is -2.30. The maximum absolute atomic E-state index is 12.0. The van der Waals surface area contributed by atoms with Crippen molar-refractivity contribution in [3.05, 3.63) is 29.8 Å². The molecule has 1 fully saturated rings. The van der Waals surface area contributed by atoms with Gasteiger partial charge in [-0.1, -0.05) is 0 Å². The molecule has 0 aromatic heterocycles. The largest absolute Gasteiger partial charge is 0.396 e. The molecule has 1 amide bonds. The number of aliphatic hydroxyl groups excluding tert-OH is 1. The van der Waals surface area contributed by atoms with Gasteiger partial charge in [0.25, 0.3) is 0 Å². The molecule has 5 heteroatoms. The number of anilines is 1. The van der Waals surface area contributed by atoms with Gasteiger partial charge >= 0.3 is 0 Å². The zero-order valence-corrected chi connectivity index (χ0v) is 10.7. The van der Waals surface area contributed by atoms with E-state index in [0.29, 0.717) is 18.5 Å². The Morgan fingerprint density at radius 1 is 1.42 bits per heavy atom. The van der Waals surface area contributed by atoms with E-state index in [-0.39, 0.29) is 18.6 Å². The average molecular weight is 259 g/mol. The molecule has 0 bridgehead atoms. The van der Waals surface area contributed by atoms with Crippen LogP contribution in [-0.2, 0) is 4.79 Å². The van der Waals surface area contributed by atoms with E-state index >= 15 is 0 Å². The van der Waals surface area contributed by atoms with Crippen LogP contribution in [0.4, 0.5) is 5.69 Å². The van der Waals surface area contributed by atoms with Crippen LogP contribution in [0.5, 0.6) is 0 Å². The second kappa shape index (κ2) is 6.21. The van der Waals surface area contributed by atoms with Crippen molar-refractivity contribution in [2.24, 2.45) is 0 Å². The summed E-state index contributed by atoms with van der Waals surface area (Å²) in [5, 5.41) is 20.8. The Bertz CT molecular complexity index is 478. The fourth-order valence-corrected chi connectivity index (χ4v) is 2.32. The Morgan fingerprint density at radius 3 is 2.79 bits per heavy atom. The third-order valence-corrected chi connectivity index (χ3v) is 3.28. The molecule has 2 N–H and O–H groups in total. The smallest absolute Gasteiger partial charge is 0.242 e. The fraction of sp³-hybridized carbons (Fsp3) is 0.429. The minimum absolute atomic E-state index is 0.0230. The van der Waals surface area contributed by atoms with Crippen molar-refractivity contribution >= 4 is 11.6 Å². The highest BCUT2D eigenvalue weighted by Gasteiger charge is 2.27. The van der Waals surface area contributed by atoms with Crippen LogP contribution in [0.2, 0.25) is 0 Å². The van der Waals surface area contributed by atoms with Gasteiger partial charge in [0.1, 0.15) is 6.04 Å². The quantitative estimate of drug-likeness (QED) is 0.835. The molecule has 19 heavy (non-hydrogen) atoms. The summed E-state index contributed by atoms with van der Waals surface area (Å²) in [4.78, 5) is 14.0. The fourth-order valence-electron chi connectivity index (χ4n) is 2.32. The molecule has 1 saturated heterocycles. The molecule has 1 aliphatic heterocycles. The summed E-state index contributed by atoms with van der Waals surface area (Å²) in [5.74, 6) is -0.0455. The van der Waals surface area contributed by atoms with Crippen molar-refractivity contribution in [1.29, 1.82) is 5.26 Å². The first-order valence-electron chi connectivity index (χ1n) is 6.41. The Morgan fingerprint density at radius 2 is 2.16 bits per heavy atom. The number of rotatable bonds is 3. The molecule has 0 radical (unpaired) electrons. The van der Waals surface area contributed by atoms with Gasteiger partial charge < -0.3 is 15.3 Å². The number of benzene rings is 1. The third-order valence-electron chi connectivity index (χ3n) is 3.28. The second-order valence-corrected chi connectivity index (χ2v) is 4.52. The van der Waals surface area contributed by atoms with Crippen molar-refractivity contribution in [1.82, 2.24) is 5.32 Å². The summed E-state index contributed by atoms with van der Waals surface area (Å²) in [5.41, 5.74) is 1.51. The monoisotopic (exact) mass is 259 g/mol. The van der Waals surface area contributed by atoms with Crippen molar-refractivity contribution < 1.29 is 9.90 Å². The van der Waals surface area contributed by atoms with Crippen molar-refractivity contribution in [2.45, 2.75) is 18.9 Å². The molecule has 1 aromatic carbocycles. The first-order valence-corrected chi connectivity index (χ1v) is 6.41. The van der Waals surface area contributed by atoms with Crippen LogP contribution >= 0.6 is 0 Å². The van der Waals surface area contributed by atoms with Crippen LogP contribution in [-0.4, -0.2) is 36.8 Å². The Balaban J connectivity index is 2.26. The number of amides is 1. The van der Waals surface area contributed by atoms with E-state index in [0.717, 1.165) is 18.7 Å². The normalized spacial score (nSPS) is 19.5. The van der Waals surface area contributed by atoms with Crippen LogP contribution < -0.4 is 10.2 Å². The van der Waals surface area contributed by atoms with E-state index in [4.69, 9.17) is 10.4 Å². The number of nitrogens with zero attached hydrogens (tertiary/aromatic N) is 2. The van der Waals surface area contributed by atoms with Gasteiger partial charge in [-0.3, -0.25) is 4.79 Å². The van der Waals surface area contributed by atoms with E-state index in [1.165, 1.54) is 0 Å². The summed E-state index contributed by atoms with van der Waals surface area (Å²) < 4.78 is 0. The Labute approximate surface area is 112 Å². The molecule has 2 rings (SSSR count). The summed E-state index contributed by atoms with van der Waals surface area (Å²) in [6, 6.07) is 8.92. The van der Waals surface area contributed by atoms with Crippen LogP contribution in [0.1, 0.15) is 18.4 Å². The number of carbonyl (C=O) groups excluding carboxylic acids is 1. The molecular formula is C14H17N3O2. The van der Waals surface area contributed by atoms with E-state index in [1.807, 2.05) is 17.0 Å². The Hall–Kier alpha value is -2.06. The first-order chi connectivity index (χ1) is 9.26. The van der Waals surface area contributed by atoms with Gasteiger partial charge in [0.05, 0.1) is 11.6 Å². The molecule has 0 aliphatic carbocycles. The average Bonchev–Trinajstić information content (AvgIpc) is 2.62. The Kier molecular flexibility index (Phi) is 4.37. The molecule has 1 aromatic rings. The molecule has 5 nitrogen and oxygen atoms in total. The summed E-state index contributed by atoms with van der Waals surface area (Å²) in [6.45, 7) is 1.40. The maximum Gasteiger partial charge on any atom is 0.242 e. The van der Waals surface area contributed by atoms with Gasteiger partial charge in [0, 0.05) is 25.4 Å². The number of hydrogen-bond donors (Lipinski definition) is 2. The zero-order valence-electron chi connectivity index (χ0n) is 10.7. The zero-order chi connectivity index (χ0) is 13.7.